The van der Waals surface area contributed by atoms with Crippen molar-refractivity contribution >= 4 is 0 Å². The molecule has 0 saturated carbocycles. The molecule has 3 aliphatic heterocycles. The van der Waals surface area contributed by atoms with Crippen molar-refractivity contribution in [1.82, 2.24) is 15.1 Å². The number of nitrogens with one attached hydrogen (secondary N) is 1. The van der Waals surface area contributed by atoms with Crippen molar-refractivity contribution in [2.24, 2.45) is 11.8 Å². The van der Waals surface area contributed by atoms with Crippen molar-refractivity contribution in [2.45, 2.75) is 45.1 Å². The van der Waals surface area contributed by atoms with E-state index in [1.54, 1.807) is 0 Å². The molecule has 3 aliphatic rings. The maximum atomic E-state index is 3.48. The van der Waals surface area contributed by atoms with Gasteiger partial charge in [-0.2, -0.15) is 0 Å². The molecule has 3 heteroatoms. The molecule has 3 nitrogen and oxygen atoms in total. The molecule has 110 valence electrons. The second kappa shape index (κ2) is 6.55. The van der Waals surface area contributed by atoms with Crippen LogP contribution in [0.15, 0.2) is 0 Å². The molecule has 0 radical (unpaired) electrons. The molecule has 0 aromatic rings. The fourth-order valence-corrected chi connectivity index (χ4v) is 4.10. The Morgan fingerprint density at radius 1 is 0.947 bits per heavy atom. The minimum Gasteiger partial charge on any atom is -0.317 e. The largest absolute Gasteiger partial charge is 0.317 e. The van der Waals surface area contributed by atoms with Gasteiger partial charge in [0.05, 0.1) is 0 Å². The first-order valence-corrected chi connectivity index (χ1v) is 8.48. The smallest absolute Gasteiger partial charge is 0.0235 e. The molecule has 19 heavy (non-hydrogen) atoms. The number of piperidine rings is 2. The first-order valence-electron chi connectivity index (χ1n) is 8.48. The second-order valence-corrected chi connectivity index (χ2v) is 7.11. The van der Waals surface area contributed by atoms with E-state index in [1.165, 1.54) is 77.9 Å². The van der Waals surface area contributed by atoms with Gasteiger partial charge in [0.25, 0.3) is 0 Å². The Morgan fingerprint density at radius 3 is 2.42 bits per heavy atom. The lowest BCUT2D eigenvalue weighted by atomic mass is 9.97. The van der Waals surface area contributed by atoms with E-state index < -0.39 is 0 Å². The predicted molar refractivity (Wildman–Crippen MR) is 80.4 cm³/mol. The zero-order valence-electron chi connectivity index (χ0n) is 12.6. The molecule has 3 saturated heterocycles. The Labute approximate surface area is 118 Å². The Kier molecular flexibility index (Phi) is 4.78. The molecule has 1 N–H and O–H groups in total. The first-order chi connectivity index (χ1) is 9.31. The van der Waals surface area contributed by atoms with E-state index in [0.717, 1.165) is 17.9 Å². The zero-order chi connectivity index (χ0) is 13.1. The Hall–Kier alpha value is -0.120. The van der Waals surface area contributed by atoms with E-state index in [4.69, 9.17) is 0 Å². The second-order valence-electron chi connectivity index (χ2n) is 7.11. The van der Waals surface area contributed by atoms with Gasteiger partial charge < -0.3 is 10.2 Å². The SMILES string of the molecule is CC1CCN(C2CCN(CC3CCNCC3)C2)CC1. The van der Waals surface area contributed by atoms with Gasteiger partial charge in [-0.25, -0.2) is 0 Å². The third kappa shape index (κ3) is 3.71. The molecule has 0 aliphatic carbocycles. The first kappa shape index (κ1) is 13.8. The Morgan fingerprint density at radius 2 is 1.68 bits per heavy atom. The molecule has 0 amide bonds. The van der Waals surface area contributed by atoms with Gasteiger partial charge in [0.1, 0.15) is 0 Å². The van der Waals surface area contributed by atoms with Crippen molar-refractivity contribution in [3.05, 3.63) is 0 Å². The predicted octanol–water partition coefficient (Wildman–Crippen LogP) is 1.79. The number of nitrogens with zero attached hydrogens (tertiary/aromatic N) is 2. The van der Waals surface area contributed by atoms with Crippen LogP contribution >= 0.6 is 0 Å². The van der Waals surface area contributed by atoms with Gasteiger partial charge in [-0.1, -0.05) is 6.92 Å². The van der Waals surface area contributed by atoms with Gasteiger partial charge in [0.2, 0.25) is 0 Å². The molecular weight excluding hydrogens is 234 g/mol. The molecule has 3 heterocycles. The Balaban J connectivity index is 1.42. The fraction of sp³-hybridized carbons (Fsp3) is 1.00. The fourth-order valence-electron chi connectivity index (χ4n) is 4.10. The van der Waals surface area contributed by atoms with Gasteiger partial charge >= 0.3 is 0 Å². The van der Waals surface area contributed by atoms with Gasteiger partial charge in [-0.05, 0) is 76.7 Å². The van der Waals surface area contributed by atoms with E-state index in [-0.39, 0.29) is 0 Å². The van der Waals surface area contributed by atoms with Gasteiger partial charge in [0, 0.05) is 19.1 Å². The summed E-state index contributed by atoms with van der Waals surface area (Å²) < 4.78 is 0. The van der Waals surface area contributed by atoms with Crippen LogP contribution in [-0.4, -0.2) is 61.7 Å². The van der Waals surface area contributed by atoms with Crippen molar-refractivity contribution in [1.29, 1.82) is 0 Å². The Bertz CT molecular complexity index is 267. The van der Waals surface area contributed by atoms with Crippen LogP contribution in [0.3, 0.4) is 0 Å². The van der Waals surface area contributed by atoms with Crippen LogP contribution in [-0.2, 0) is 0 Å². The summed E-state index contributed by atoms with van der Waals surface area (Å²) in [6, 6.07) is 0.870. The summed E-state index contributed by atoms with van der Waals surface area (Å²) in [6.07, 6.45) is 7.04. The number of hydrogen-bond donors (Lipinski definition) is 1. The van der Waals surface area contributed by atoms with Gasteiger partial charge in [-0.15, -0.1) is 0 Å². The van der Waals surface area contributed by atoms with Crippen molar-refractivity contribution in [3.63, 3.8) is 0 Å². The lowest BCUT2D eigenvalue weighted by Gasteiger charge is -2.35. The summed E-state index contributed by atoms with van der Waals surface area (Å²) in [5.41, 5.74) is 0. The van der Waals surface area contributed by atoms with E-state index in [1.807, 2.05) is 0 Å². The number of likely N-dealkylation sites (tertiary alicyclic amines) is 2. The molecule has 0 spiro atoms. The normalized spacial score (nSPS) is 33.0. The van der Waals surface area contributed by atoms with Crippen LogP contribution in [0, 0.1) is 11.8 Å². The molecular formula is C16H31N3. The van der Waals surface area contributed by atoms with E-state index in [9.17, 15) is 0 Å². The average Bonchev–Trinajstić information content (AvgIpc) is 2.89. The minimum atomic E-state index is 0.870. The molecule has 1 unspecified atom stereocenters. The van der Waals surface area contributed by atoms with Crippen molar-refractivity contribution < 1.29 is 0 Å². The summed E-state index contributed by atoms with van der Waals surface area (Å²) in [5, 5.41) is 3.48. The van der Waals surface area contributed by atoms with E-state index in [2.05, 4.69) is 22.0 Å². The zero-order valence-corrected chi connectivity index (χ0v) is 12.6. The van der Waals surface area contributed by atoms with Crippen LogP contribution in [0.25, 0.3) is 0 Å². The summed E-state index contributed by atoms with van der Waals surface area (Å²) in [4.78, 5) is 5.53. The maximum Gasteiger partial charge on any atom is 0.0235 e. The van der Waals surface area contributed by atoms with Crippen LogP contribution < -0.4 is 5.32 Å². The summed E-state index contributed by atoms with van der Waals surface area (Å²) in [7, 11) is 0. The summed E-state index contributed by atoms with van der Waals surface area (Å²) in [6.45, 7) is 11.7. The number of rotatable bonds is 3. The third-order valence-electron chi connectivity index (χ3n) is 5.56. The molecule has 0 aromatic heterocycles. The summed E-state index contributed by atoms with van der Waals surface area (Å²) >= 11 is 0. The van der Waals surface area contributed by atoms with Gasteiger partial charge in [0.15, 0.2) is 0 Å². The highest BCUT2D eigenvalue weighted by Gasteiger charge is 2.30. The molecule has 3 rings (SSSR count). The summed E-state index contributed by atoms with van der Waals surface area (Å²) in [5.74, 6) is 1.92. The van der Waals surface area contributed by atoms with Crippen LogP contribution in [0.2, 0.25) is 0 Å². The quantitative estimate of drug-likeness (QED) is 0.839. The molecule has 0 bridgehead atoms. The standard InChI is InChI=1S/C16H31N3/c1-14-4-10-19(11-5-14)16-6-9-18(13-16)12-15-2-7-17-8-3-15/h14-17H,2-13H2,1H3. The highest BCUT2D eigenvalue weighted by Crippen LogP contribution is 2.24. The van der Waals surface area contributed by atoms with Crippen LogP contribution in [0.1, 0.15) is 39.0 Å². The average molecular weight is 265 g/mol. The minimum absolute atomic E-state index is 0.870. The molecule has 0 aromatic carbocycles. The monoisotopic (exact) mass is 265 g/mol. The molecule has 3 fully saturated rings. The topological polar surface area (TPSA) is 18.5 Å². The van der Waals surface area contributed by atoms with Crippen molar-refractivity contribution in [2.75, 3.05) is 45.8 Å². The maximum absolute atomic E-state index is 3.48. The third-order valence-corrected chi connectivity index (χ3v) is 5.56. The lowest BCUT2D eigenvalue weighted by molar-refractivity contribution is 0.134. The highest BCUT2D eigenvalue weighted by molar-refractivity contribution is 4.87. The van der Waals surface area contributed by atoms with Gasteiger partial charge in [-0.3, -0.25) is 4.90 Å². The number of hydrogen-bond acceptors (Lipinski definition) is 3. The van der Waals surface area contributed by atoms with Crippen LogP contribution in [0.4, 0.5) is 0 Å². The van der Waals surface area contributed by atoms with E-state index >= 15 is 0 Å². The van der Waals surface area contributed by atoms with Crippen molar-refractivity contribution in [3.8, 4) is 0 Å². The highest BCUT2D eigenvalue weighted by atomic mass is 15.3. The molecule has 1 atom stereocenters. The van der Waals surface area contributed by atoms with Crippen LogP contribution in [0.5, 0.6) is 0 Å². The van der Waals surface area contributed by atoms with E-state index in [0.29, 0.717) is 0 Å². The lowest BCUT2D eigenvalue weighted by Crippen LogP contribution is -2.43.